The van der Waals surface area contributed by atoms with E-state index in [2.05, 4.69) is 32.3 Å². The summed E-state index contributed by atoms with van der Waals surface area (Å²) in [4.78, 5) is 11.1. The molecule has 4 aromatic rings. The number of pyridine rings is 1. The van der Waals surface area contributed by atoms with Gasteiger partial charge in [0.15, 0.2) is 5.13 Å². The Kier molecular flexibility index (Phi) is 5.50. The van der Waals surface area contributed by atoms with Gasteiger partial charge in [-0.25, -0.2) is 9.97 Å². The lowest BCUT2D eigenvalue weighted by molar-refractivity contribution is 1.13. The number of hydrogen-bond acceptors (Lipinski definition) is 5. The van der Waals surface area contributed by atoms with Crippen molar-refractivity contribution in [1.82, 2.24) is 14.4 Å². The first kappa shape index (κ1) is 18.7. The van der Waals surface area contributed by atoms with E-state index in [1.165, 1.54) is 0 Å². The Morgan fingerprint density at radius 1 is 1.12 bits per heavy atom. The summed E-state index contributed by atoms with van der Waals surface area (Å²) in [5.74, 6) is 0. The van der Waals surface area contributed by atoms with Crippen LogP contribution in [0.4, 0.5) is 16.5 Å². The van der Waals surface area contributed by atoms with E-state index in [-0.39, 0.29) is 17.0 Å². The summed E-state index contributed by atoms with van der Waals surface area (Å²) in [6.07, 6.45) is 3.67. The molecule has 3 aromatic heterocycles. The summed E-state index contributed by atoms with van der Waals surface area (Å²) in [5, 5.41) is 6.87. The highest BCUT2D eigenvalue weighted by Gasteiger charge is 2.10. The van der Waals surface area contributed by atoms with Crippen LogP contribution in [-0.4, -0.2) is 28.5 Å². The van der Waals surface area contributed by atoms with Crippen LogP contribution in [0, 0.1) is 0 Å². The SMILES string of the molecule is Br.CN(C)c1ccc(Nc2nc(-c3cnc4ccc(Cl)cn34)cs2)cc1. The van der Waals surface area contributed by atoms with Crippen molar-refractivity contribution in [1.29, 1.82) is 0 Å². The second kappa shape index (κ2) is 7.65. The first-order chi connectivity index (χ1) is 12.1. The third kappa shape index (κ3) is 3.70. The molecule has 0 saturated heterocycles. The summed E-state index contributed by atoms with van der Waals surface area (Å²) in [7, 11) is 4.05. The first-order valence-corrected chi connectivity index (χ1v) is 8.99. The molecule has 0 aliphatic rings. The highest BCUT2D eigenvalue weighted by Crippen LogP contribution is 2.28. The zero-order valence-corrected chi connectivity index (χ0v) is 17.5. The molecule has 0 aliphatic heterocycles. The van der Waals surface area contributed by atoms with Crippen molar-refractivity contribution in [3.63, 3.8) is 0 Å². The number of imidazole rings is 1. The molecular weight excluding hydrogens is 434 g/mol. The van der Waals surface area contributed by atoms with Crippen molar-refractivity contribution >= 4 is 62.1 Å². The van der Waals surface area contributed by atoms with E-state index in [0.717, 1.165) is 33.5 Å². The van der Waals surface area contributed by atoms with Crippen molar-refractivity contribution < 1.29 is 0 Å². The van der Waals surface area contributed by atoms with E-state index < -0.39 is 0 Å². The molecule has 0 unspecified atom stereocenters. The lowest BCUT2D eigenvalue weighted by Gasteiger charge is -2.12. The number of aromatic nitrogens is 3. The molecule has 1 aromatic carbocycles. The Labute approximate surface area is 171 Å². The van der Waals surface area contributed by atoms with Crippen molar-refractivity contribution in [3.05, 3.63) is 59.2 Å². The second-order valence-corrected chi connectivity index (χ2v) is 7.12. The topological polar surface area (TPSA) is 45.5 Å². The number of nitrogens with one attached hydrogen (secondary N) is 1. The van der Waals surface area contributed by atoms with Gasteiger partial charge >= 0.3 is 0 Å². The maximum Gasteiger partial charge on any atom is 0.187 e. The van der Waals surface area contributed by atoms with Crippen LogP contribution in [0.1, 0.15) is 0 Å². The monoisotopic (exact) mass is 449 g/mol. The molecule has 1 N–H and O–H groups in total. The molecular formula is C18H17BrClN5S. The van der Waals surface area contributed by atoms with Gasteiger partial charge < -0.3 is 10.2 Å². The standard InChI is InChI=1S/C18H16ClN5S.BrH/c1-23(2)14-6-4-13(5-7-14)21-18-22-15(11-25-18)16-9-20-17-8-3-12(19)10-24(16)17;/h3-11H,1-2H3,(H,21,22);1H. The lowest BCUT2D eigenvalue weighted by atomic mass is 10.2. The number of benzene rings is 1. The van der Waals surface area contributed by atoms with Crippen LogP contribution in [0.15, 0.2) is 54.2 Å². The zero-order chi connectivity index (χ0) is 17.4. The summed E-state index contributed by atoms with van der Waals surface area (Å²) >= 11 is 7.66. The van der Waals surface area contributed by atoms with Gasteiger partial charge in [-0.2, -0.15) is 0 Å². The fourth-order valence-corrected chi connectivity index (χ4v) is 3.44. The van der Waals surface area contributed by atoms with Crippen LogP contribution in [0.5, 0.6) is 0 Å². The van der Waals surface area contributed by atoms with Crippen molar-refractivity contribution in [2.75, 3.05) is 24.3 Å². The summed E-state index contributed by atoms with van der Waals surface area (Å²) in [6, 6.07) is 12.0. The third-order valence-corrected chi connectivity index (χ3v) is 4.85. The number of halogens is 2. The van der Waals surface area contributed by atoms with Crippen molar-refractivity contribution in [3.8, 4) is 11.4 Å². The van der Waals surface area contributed by atoms with Crippen LogP contribution in [0.3, 0.4) is 0 Å². The van der Waals surface area contributed by atoms with Gasteiger partial charge in [0.1, 0.15) is 11.3 Å². The van der Waals surface area contributed by atoms with E-state index in [0.29, 0.717) is 5.02 Å². The average molecular weight is 451 g/mol. The molecule has 0 atom stereocenters. The summed E-state index contributed by atoms with van der Waals surface area (Å²) in [6.45, 7) is 0. The molecule has 5 nitrogen and oxygen atoms in total. The van der Waals surface area contributed by atoms with Crippen LogP contribution in [0.2, 0.25) is 5.02 Å². The van der Waals surface area contributed by atoms with Crippen LogP contribution < -0.4 is 10.2 Å². The maximum atomic E-state index is 6.10. The predicted molar refractivity (Wildman–Crippen MR) is 116 cm³/mol. The Bertz CT molecular complexity index is 1030. The average Bonchev–Trinajstić information content (AvgIpc) is 3.21. The maximum absolute atomic E-state index is 6.10. The van der Waals surface area contributed by atoms with Gasteiger partial charge in [-0.05, 0) is 36.4 Å². The smallest absolute Gasteiger partial charge is 0.187 e. The Morgan fingerprint density at radius 2 is 1.88 bits per heavy atom. The molecule has 0 radical (unpaired) electrons. The molecule has 0 amide bonds. The molecule has 0 spiro atoms. The van der Waals surface area contributed by atoms with E-state index in [1.54, 1.807) is 11.3 Å². The number of rotatable bonds is 4. The molecule has 4 rings (SSSR count). The van der Waals surface area contributed by atoms with Gasteiger partial charge in [-0.15, -0.1) is 28.3 Å². The minimum atomic E-state index is 0. The van der Waals surface area contributed by atoms with Crippen LogP contribution >= 0.6 is 39.9 Å². The second-order valence-electron chi connectivity index (χ2n) is 5.82. The number of hydrogen-bond donors (Lipinski definition) is 1. The predicted octanol–water partition coefficient (Wildman–Crippen LogP) is 5.50. The molecule has 26 heavy (non-hydrogen) atoms. The van der Waals surface area contributed by atoms with E-state index in [9.17, 15) is 0 Å². The summed E-state index contributed by atoms with van der Waals surface area (Å²) < 4.78 is 1.95. The Hall–Kier alpha value is -2.09. The molecule has 0 aliphatic carbocycles. The molecule has 0 saturated carbocycles. The highest BCUT2D eigenvalue weighted by atomic mass is 79.9. The van der Waals surface area contributed by atoms with Gasteiger partial charge in [0.2, 0.25) is 0 Å². The fourth-order valence-electron chi connectivity index (χ4n) is 2.56. The minimum absolute atomic E-state index is 0. The van der Waals surface area contributed by atoms with E-state index in [1.807, 2.05) is 60.5 Å². The van der Waals surface area contributed by atoms with E-state index in [4.69, 9.17) is 11.6 Å². The highest BCUT2D eigenvalue weighted by molar-refractivity contribution is 8.93. The lowest BCUT2D eigenvalue weighted by Crippen LogP contribution is -2.08. The van der Waals surface area contributed by atoms with E-state index >= 15 is 0 Å². The largest absolute Gasteiger partial charge is 0.378 e. The Morgan fingerprint density at radius 3 is 2.62 bits per heavy atom. The number of fused-ring (bicyclic) bond motifs is 1. The quantitative estimate of drug-likeness (QED) is 0.446. The molecule has 3 heterocycles. The number of nitrogens with zero attached hydrogens (tertiary/aromatic N) is 4. The molecule has 0 fully saturated rings. The van der Waals surface area contributed by atoms with Gasteiger partial charge in [-0.1, -0.05) is 11.6 Å². The third-order valence-electron chi connectivity index (χ3n) is 3.87. The van der Waals surface area contributed by atoms with Gasteiger partial charge in [0.05, 0.1) is 16.9 Å². The summed E-state index contributed by atoms with van der Waals surface area (Å²) in [5.41, 5.74) is 4.80. The van der Waals surface area contributed by atoms with Crippen molar-refractivity contribution in [2.45, 2.75) is 0 Å². The van der Waals surface area contributed by atoms with Gasteiger partial charge in [0.25, 0.3) is 0 Å². The number of thiazole rings is 1. The first-order valence-electron chi connectivity index (χ1n) is 7.73. The van der Waals surface area contributed by atoms with Crippen molar-refractivity contribution in [2.24, 2.45) is 0 Å². The van der Waals surface area contributed by atoms with Crippen LogP contribution in [-0.2, 0) is 0 Å². The zero-order valence-electron chi connectivity index (χ0n) is 14.2. The molecule has 134 valence electrons. The van der Waals surface area contributed by atoms with Gasteiger partial charge in [0, 0.05) is 37.0 Å². The molecule has 0 bridgehead atoms. The normalized spacial score (nSPS) is 10.6. The number of anilines is 3. The minimum Gasteiger partial charge on any atom is -0.378 e. The van der Waals surface area contributed by atoms with Gasteiger partial charge in [-0.3, -0.25) is 4.40 Å². The van der Waals surface area contributed by atoms with Crippen LogP contribution in [0.25, 0.3) is 17.0 Å². The molecule has 8 heteroatoms. The Balaban J connectivity index is 0.00000196. The fraction of sp³-hybridized carbons (Fsp3) is 0.111.